The van der Waals surface area contributed by atoms with E-state index in [1.54, 1.807) is 6.07 Å². The first-order chi connectivity index (χ1) is 9.15. The van der Waals surface area contributed by atoms with Gasteiger partial charge in [0.2, 0.25) is 0 Å². The van der Waals surface area contributed by atoms with E-state index in [1.165, 1.54) is 0 Å². The average molecular weight is 266 g/mol. The van der Waals surface area contributed by atoms with Crippen LogP contribution in [-0.2, 0) is 0 Å². The van der Waals surface area contributed by atoms with E-state index in [0.29, 0.717) is 6.54 Å². The normalized spacial score (nSPS) is 22.8. The molecule has 0 saturated heterocycles. The second-order valence-corrected chi connectivity index (χ2v) is 4.82. The zero-order chi connectivity index (χ0) is 13.8. The SMILES string of the molecule is N#Cc1cc(F)c(OC2CCCCC2CN)c(F)c1. The molecule has 1 aromatic carbocycles. The lowest BCUT2D eigenvalue weighted by Gasteiger charge is -2.31. The number of nitrogens with zero attached hydrogens (tertiary/aromatic N) is 1. The minimum Gasteiger partial charge on any atom is -0.484 e. The van der Waals surface area contributed by atoms with Crippen LogP contribution in [0.1, 0.15) is 31.2 Å². The van der Waals surface area contributed by atoms with Crippen molar-refractivity contribution >= 4 is 0 Å². The summed E-state index contributed by atoms with van der Waals surface area (Å²) < 4.78 is 33.0. The maximum Gasteiger partial charge on any atom is 0.191 e. The van der Waals surface area contributed by atoms with Crippen molar-refractivity contribution in [2.45, 2.75) is 31.8 Å². The van der Waals surface area contributed by atoms with Crippen LogP contribution in [0.3, 0.4) is 0 Å². The molecule has 1 aliphatic rings. The zero-order valence-corrected chi connectivity index (χ0v) is 10.5. The summed E-state index contributed by atoms with van der Waals surface area (Å²) >= 11 is 0. The van der Waals surface area contributed by atoms with Crippen LogP contribution in [-0.4, -0.2) is 12.6 Å². The highest BCUT2D eigenvalue weighted by Crippen LogP contribution is 2.31. The Morgan fingerprint density at radius 3 is 2.47 bits per heavy atom. The van der Waals surface area contributed by atoms with E-state index in [1.807, 2.05) is 0 Å². The fraction of sp³-hybridized carbons (Fsp3) is 0.500. The van der Waals surface area contributed by atoms with Gasteiger partial charge in [-0.05, 0) is 37.9 Å². The van der Waals surface area contributed by atoms with Crippen molar-refractivity contribution in [3.63, 3.8) is 0 Å². The minimum atomic E-state index is -0.835. The van der Waals surface area contributed by atoms with E-state index in [0.717, 1.165) is 37.8 Å². The fourth-order valence-electron chi connectivity index (χ4n) is 2.49. The molecule has 0 heterocycles. The molecule has 1 aliphatic carbocycles. The number of hydrogen-bond acceptors (Lipinski definition) is 3. The predicted molar refractivity (Wildman–Crippen MR) is 66.5 cm³/mol. The number of rotatable bonds is 3. The van der Waals surface area contributed by atoms with Gasteiger partial charge in [-0.2, -0.15) is 5.26 Å². The molecule has 0 amide bonds. The van der Waals surface area contributed by atoms with Crippen LogP contribution in [0.15, 0.2) is 12.1 Å². The van der Waals surface area contributed by atoms with Crippen LogP contribution in [0, 0.1) is 28.9 Å². The van der Waals surface area contributed by atoms with Gasteiger partial charge in [-0.1, -0.05) is 6.42 Å². The number of nitrogens with two attached hydrogens (primary N) is 1. The molecule has 5 heteroatoms. The Hall–Kier alpha value is -1.67. The van der Waals surface area contributed by atoms with Crippen LogP contribution in [0.4, 0.5) is 8.78 Å². The van der Waals surface area contributed by atoms with Crippen molar-refractivity contribution < 1.29 is 13.5 Å². The average Bonchev–Trinajstić information content (AvgIpc) is 2.43. The molecule has 0 aliphatic heterocycles. The lowest BCUT2D eigenvalue weighted by Crippen LogP contribution is -2.35. The van der Waals surface area contributed by atoms with Crippen molar-refractivity contribution in [3.8, 4) is 11.8 Å². The molecular weight excluding hydrogens is 250 g/mol. The van der Waals surface area contributed by atoms with Crippen LogP contribution in [0.5, 0.6) is 5.75 Å². The molecule has 2 rings (SSSR count). The van der Waals surface area contributed by atoms with Crippen molar-refractivity contribution in [2.24, 2.45) is 11.7 Å². The molecule has 2 N–H and O–H groups in total. The van der Waals surface area contributed by atoms with Gasteiger partial charge >= 0.3 is 0 Å². The zero-order valence-electron chi connectivity index (χ0n) is 10.5. The topological polar surface area (TPSA) is 59.0 Å². The summed E-state index contributed by atoms with van der Waals surface area (Å²) in [6, 6.07) is 3.67. The second-order valence-electron chi connectivity index (χ2n) is 4.82. The van der Waals surface area contributed by atoms with E-state index in [2.05, 4.69) is 0 Å². The highest BCUT2D eigenvalue weighted by molar-refractivity contribution is 5.37. The third kappa shape index (κ3) is 3.02. The van der Waals surface area contributed by atoms with E-state index in [-0.39, 0.29) is 17.6 Å². The summed E-state index contributed by atoms with van der Waals surface area (Å²) in [6.45, 7) is 0.449. The number of nitriles is 1. The van der Waals surface area contributed by atoms with E-state index >= 15 is 0 Å². The maximum absolute atomic E-state index is 13.7. The molecule has 1 saturated carbocycles. The molecule has 1 aromatic rings. The Balaban J connectivity index is 2.21. The second kappa shape index (κ2) is 5.98. The molecule has 0 spiro atoms. The monoisotopic (exact) mass is 266 g/mol. The number of benzene rings is 1. The largest absolute Gasteiger partial charge is 0.484 e. The van der Waals surface area contributed by atoms with Crippen LogP contribution in [0.25, 0.3) is 0 Å². The number of hydrogen-bond donors (Lipinski definition) is 1. The maximum atomic E-state index is 13.7. The molecule has 102 valence electrons. The van der Waals surface area contributed by atoms with Gasteiger partial charge in [-0.25, -0.2) is 8.78 Å². The molecule has 19 heavy (non-hydrogen) atoms. The van der Waals surface area contributed by atoms with Gasteiger partial charge in [0, 0.05) is 5.92 Å². The van der Waals surface area contributed by atoms with Crippen molar-refractivity contribution in [1.29, 1.82) is 5.26 Å². The Kier molecular flexibility index (Phi) is 4.33. The first-order valence-electron chi connectivity index (χ1n) is 6.41. The smallest absolute Gasteiger partial charge is 0.191 e. The molecule has 0 bridgehead atoms. The lowest BCUT2D eigenvalue weighted by atomic mass is 9.86. The van der Waals surface area contributed by atoms with Crippen LogP contribution in [0.2, 0.25) is 0 Å². The Morgan fingerprint density at radius 2 is 1.89 bits per heavy atom. The Bertz CT molecular complexity index is 476. The summed E-state index contributed by atoms with van der Waals surface area (Å²) in [4.78, 5) is 0. The van der Waals surface area contributed by atoms with Crippen LogP contribution < -0.4 is 10.5 Å². The summed E-state index contributed by atoms with van der Waals surface area (Å²) in [5, 5.41) is 8.64. The third-order valence-corrected chi connectivity index (χ3v) is 3.54. The molecule has 0 radical (unpaired) electrons. The third-order valence-electron chi connectivity index (χ3n) is 3.54. The quantitative estimate of drug-likeness (QED) is 0.915. The lowest BCUT2D eigenvalue weighted by molar-refractivity contribution is 0.0881. The molecule has 3 nitrogen and oxygen atoms in total. The van der Waals surface area contributed by atoms with E-state index in [4.69, 9.17) is 15.7 Å². The summed E-state index contributed by atoms with van der Waals surface area (Å²) in [7, 11) is 0. The van der Waals surface area contributed by atoms with Crippen molar-refractivity contribution in [3.05, 3.63) is 29.3 Å². The van der Waals surface area contributed by atoms with E-state index < -0.39 is 17.4 Å². The van der Waals surface area contributed by atoms with Gasteiger partial charge in [0.15, 0.2) is 17.4 Å². The first-order valence-corrected chi connectivity index (χ1v) is 6.41. The summed E-state index contributed by atoms with van der Waals surface area (Å²) in [6.07, 6.45) is 3.46. The van der Waals surface area contributed by atoms with Gasteiger partial charge in [0.05, 0.1) is 11.6 Å². The van der Waals surface area contributed by atoms with Gasteiger partial charge in [0.1, 0.15) is 6.10 Å². The van der Waals surface area contributed by atoms with Crippen LogP contribution >= 0.6 is 0 Å². The number of ether oxygens (including phenoxy) is 1. The van der Waals surface area contributed by atoms with Gasteiger partial charge in [-0.15, -0.1) is 0 Å². The number of halogens is 2. The molecule has 2 unspecified atom stereocenters. The predicted octanol–water partition coefficient (Wildman–Crippen LogP) is 2.73. The molecule has 2 atom stereocenters. The Labute approximate surface area is 111 Å². The summed E-state index contributed by atoms with van der Waals surface area (Å²) in [5.41, 5.74) is 5.60. The van der Waals surface area contributed by atoms with Crippen molar-refractivity contribution in [2.75, 3.05) is 6.54 Å². The molecule has 0 aromatic heterocycles. The Morgan fingerprint density at radius 1 is 1.26 bits per heavy atom. The highest BCUT2D eigenvalue weighted by atomic mass is 19.1. The van der Waals surface area contributed by atoms with Gasteiger partial charge < -0.3 is 10.5 Å². The first kappa shape index (κ1) is 13.8. The van der Waals surface area contributed by atoms with Crippen molar-refractivity contribution in [1.82, 2.24) is 0 Å². The fourth-order valence-corrected chi connectivity index (χ4v) is 2.49. The highest BCUT2D eigenvalue weighted by Gasteiger charge is 2.27. The summed E-state index contributed by atoms with van der Waals surface area (Å²) in [5.74, 6) is -1.94. The molecular formula is C14H16F2N2O. The van der Waals surface area contributed by atoms with Gasteiger partial charge in [0.25, 0.3) is 0 Å². The molecule has 1 fully saturated rings. The standard InChI is InChI=1S/C14H16F2N2O/c15-11-5-9(7-17)6-12(16)14(11)19-13-4-2-1-3-10(13)8-18/h5-6,10,13H,1-4,8,18H2. The minimum absolute atomic E-state index is 0.0543. The van der Waals surface area contributed by atoms with Gasteiger partial charge in [-0.3, -0.25) is 0 Å². The van der Waals surface area contributed by atoms with E-state index in [9.17, 15) is 8.78 Å².